The second-order valence-corrected chi connectivity index (χ2v) is 8.53. The second-order valence-electron chi connectivity index (χ2n) is 8.53. The van der Waals surface area contributed by atoms with Crippen molar-refractivity contribution >= 4 is 23.5 Å². The van der Waals surface area contributed by atoms with E-state index in [4.69, 9.17) is 4.74 Å². The molecule has 0 aliphatic heterocycles. The molecule has 186 valence electrons. The SMILES string of the molecule is CONC(=O)C(=O)C(Cc1ccccc1)NC(=O)[C@H](CCC1CC1)NC(=O)c1cccc(OC)c1. The predicted molar refractivity (Wildman–Crippen MR) is 128 cm³/mol. The van der Waals surface area contributed by atoms with Gasteiger partial charge in [-0.15, -0.1) is 0 Å². The Morgan fingerprint density at radius 3 is 2.34 bits per heavy atom. The summed E-state index contributed by atoms with van der Waals surface area (Å²) < 4.78 is 5.18. The summed E-state index contributed by atoms with van der Waals surface area (Å²) in [7, 11) is 2.73. The average Bonchev–Trinajstić information content (AvgIpc) is 3.70. The Labute approximate surface area is 204 Å². The van der Waals surface area contributed by atoms with Gasteiger partial charge in [0.2, 0.25) is 11.7 Å². The summed E-state index contributed by atoms with van der Waals surface area (Å²) >= 11 is 0. The minimum atomic E-state index is -1.13. The predicted octanol–water partition coefficient (Wildman–Crippen LogP) is 1.96. The van der Waals surface area contributed by atoms with Gasteiger partial charge in [-0.05, 0) is 42.5 Å². The van der Waals surface area contributed by atoms with Gasteiger partial charge in [0.25, 0.3) is 5.91 Å². The first-order valence-corrected chi connectivity index (χ1v) is 11.6. The molecule has 0 saturated heterocycles. The van der Waals surface area contributed by atoms with Crippen LogP contribution in [-0.2, 0) is 25.6 Å². The molecule has 0 radical (unpaired) electrons. The molecule has 0 heterocycles. The molecule has 0 bridgehead atoms. The normalized spacial score (nSPS) is 14.3. The number of benzene rings is 2. The molecule has 3 N–H and O–H groups in total. The molecule has 1 aliphatic rings. The van der Waals surface area contributed by atoms with E-state index in [1.165, 1.54) is 14.2 Å². The fourth-order valence-electron chi connectivity index (χ4n) is 3.72. The highest BCUT2D eigenvalue weighted by molar-refractivity contribution is 6.38. The van der Waals surface area contributed by atoms with E-state index in [0.29, 0.717) is 23.7 Å². The van der Waals surface area contributed by atoms with Crippen molar-refractivity contribution in [2.45, 2.75) is 44.2 Å². The number of ketones is 1. The first-order valence-electron chi connectivity index (χ1n) is 11.6. The van der Waals surface area contributed by atoms with Crippen LogP contribution in [-0.4, -0.2) is 49.8 Å². The number of hydrogen-bond acceptors (Lipinski definition) is 6. The first-order chi connectivity index (χ1) is 16.9. The van der Waals surface area contributed by atoms with Crippen LogP contribution >= 0.6 is 0 Å². The van der Waals surface area contributed by atoms with Crippen molar-refractivity contribution in [1.82, 2.24) is 16.1 Å². The lowest BCUT2D eigenvalue weighted by Crippen LogP contribution is -2.54. The zero-order valence-corrected chi connectivity index (χ0v) is 19.9. The number of Topliss-reactive ketones (excluding diaryl/α,β-unsaturated/α-hetero) is 1. The summed E-state index contributed by atoms with van der Waals surface area (Å²) in [4.78, 5) is 55.7. The Morgan fingerprint density at radius 1 is 0.943 bits per heavy atom. The van der Waals surface area contributed by atoms with Crippen molar-refractivity contribution in [3.05, 3.63) is 65.7 Å². The maximum absolute atomic E-state index is 13.3. The number of methoxy groups -OCH3 is 1. The molecule has 2 atom stereocenters. The van der Waals surface area contributed by atoms with Crippen LogP contribution in [0.3, 0.4) is 0 Å². The van der Waals surface area contributed by atoms with Crippen LogP contribution in [0.2, 0.25) is 0 Å². The molecule has 0 spiro atoms. The van der Waals surface area contributed by atoms with Crippen LogP contribution in [0.15, 0.2) is 54.6 Å². The van der Waals surface area contributed by atoms with Gasteiger partial charge in [0.1, 0.15) is 17.8 Å². The Morgan fingerprint density at radius 2 is 1.69 bits per heavy atom. The largest absolute Gasteiger partial charge is 0.497 e. The minimum Gasteiger partial charge on any atom is -0.497 e. The third kappa shape index (κ3) is 7.92. The van der Waals surface area contributed by atoms with Gasteiger partial charge >= 0.3 is 5.91 Å². The Balaban J connectivity index is 1.76. The molecule has 35 heavy (non-hydrogen) atoms. The molecular weight excluding hydrogens is 450 g/mol. The van der Waals surface area contributed by atoms with Crippen molar-refractivity contribution in [2.75, 3.05) is 14.2 Å². The van der Waals surface area contributed by atoms with Crippen molar-refractivity contribution < 1.29 is 28.8 Å². The minimum absolute atomic E-state index is 0.113. The topological polar surface area (TPSA) is 123 Å². The summed E-state index contributed by atoms with van der Waals surface area (Å²) in [5.74, 6) is -1.71. The van der Waals surface area contributed by atoms with E-state index < -0.39 is 35.6 Å². The van der Waals surface area contributed by atoms with E-state index in [0.717, 1.165) is 24.8 Å². The van der Waals surface area contributed by atoms with Crippen LogP contribution in [0.4, 0.5) is 0 Å². The van der Waals surface area contributed by atoms with Gasteiger partial charge in [-0.1, -0.05) is 49.2 Å². The van der Waals surface area contributed by atoms with E-state index >= 15 is 0 Å². The number of carbonyl (C=O) groups excluding carboxylic acids is 4. The molecule has 0 aromatic heterocycles. The Kier molecular flexibility index (Phi) is 9.37. The summed E-state index contributed by atoms with van der Waals surface area (Å²) in [5.41, 5.74) is 3.13. The van der Waals surface area contributed by atoms with Gasteiger partial charge in [0.15, 0.2) is 0 Å². The molecule has 1 fully saturated rings. The zero-order chi connectivity index (χ0) is 25.2. The molecule has 9 heteroatoms. The van der Waals surface area contributed by atoms with Crippen LogP contribution in [0.25, 0.3) is 0 Å². The number of hydroxylamine groups is 1. The van der Waals surface area contributed by atoms with E-state index in [9.17, 15) is 19.2 Å². The molecule has 9 nitrogen and oxygen atoms in total. The Hall–Kier alpha value is -3.72. The molecule has 1 unspecified atom stereocenters. The highest BCUT2D eigenvalue weighted by Crippen LogP contribution is 2.34. The zero-order valence-electron chi connectivity index (χ0n) is 19.9. The fraction of sp³-hybridized carbons (Fsp3) is 0.385. The molecular formula is C26H31N3O6. The van der Waals surface area contributed by atoms with E-state index in [2.05, 4.69) is 15.5 Å². The second kappa shape index (κ2) is 12.7. The Bertz CT molecular complexity index is 1040. The number of carbonyl (C=O) groups is 4. The van der Waals surface area contributed by atoms with Crippen molar-refractivity contribution in [1.29, 1.82) is 0 Å². The van der Waals surface area contributed by atoms with E-state index in [-0.39, 0.29) is 6.42 Å². The standard InChI is InChI=1S/C26H31N3O6/c1-34-20-10-6-9-19(16-20)24(31)27-21(14-13-17-11-12-17)25(32)28-22(23(30)26(33)29-35-2)15-18-7-4-3-5-8-18/h3-10,16-17,21-22H,11-15H2,1-2H3,(H,27,31)(H,28,32)(H,29,33)/t21-,22?/m0/s1. The van der Waals surface area contributed by atoms with E-state index in [1.54, 1.807) is 48.5 Å². The van der Waals surface area contributed by atoms with Crippen LogP contribution in [0.5, 0.6) is 5.75 Å². The lowest BCUT2D eigenvalue weighted by atomic mass is 10.0. The lowest BCUT2D eigenvalue weighted by molar-refractivity contribution is -0.146. The van der Waals surface area contributed by atoms with Gasteiger partial charge in [-0.3, -0.25) is 24.0 Å². The maximum atomic E-state index is 13.3. The third-order valence-corrected chi connectivity index (χ3v) is 5.85. The summed E-state index contributed by atoms with van der Waals surface area (Å²) in [6, 6.07) is 13.7. The van der Waals surface area contributed by atoms with Crippen molar-refractivity contribution in [2.24, 2.45) is 5.92 Å². The van der Waals surface area contributed by atoms with Gasteiger partial charge in [0, 0.05) is 12.0 Å². The number of nitrogens with one attached hydrogen (secondary N) is 3. The van der Waals surface area contributed by atoms with Gasteiger partial charge < -0.3 is 15.4 Å². The summed E-state index contributed by atoms with van der Waals surface area (Å²) in [5, 5.41) is 5.47. The quantitative estimate of drug-likeness (QED) is 0.297. The van der Waals surface area contributed by atoms with E-state index in [1.807, 2.05) is 11.5 Å². The van der Waals surface area contributed by atoms with Crippen LogP contribution < -0.4 is 20.9 Å². The molecule has 3 amide bonds. The lowest BCUT2D eigenvalue weighted by Gasteiger charge is -2.23. The monoisotopic (exact) mass is 481 g/mol. The number of rotatable bonds is 13. The molecule has 1 aliphatic carbocycles. The highest BCUT2D eigenvalue weighted by Gasteiger charge is 2.32. The van der Waals surface area contributed by atoms with Gasteiger partial charge in [0.05, 0.1) is 14.2 Å². The average molecular weight is 482 g/mol. The van der Waals surface area contributed by atoms with Crippen LogP contribution in [0, 0.1) is 5.92 Å². The van der Waals surface area contributed by atoms with Gasteiger partial charge in [-0.2, -0.15) is 0 Å². The molecule has 1 saturated carbocycles. The van der Waals surface area contributed by atoms with Crippen molar-refractivity contribution in [3.63, 3.8) is 0 Å². The number of amides is 3. The number of ether oxygens (including phenoxy) is 1. The first kappa shape index (κ1) is 25.9. The summed E-state index contributed by atoms with van der Waals surface area (Å²) in [6.07, 6.45) is 3.51. The van der Waals surface area contributed by atoms with Crippen LogP contribution in [0.1, 0.15) is 41.6 Å². The van der Waals surface area contributed by atoms with Crippen molar-refractivity contribution in [3.8, 4) is 5.75 Å². The van der Waals surface area contributed by atoms with Gasteiger partial charge in [-0.25, -0.2) is 5.48 Å². The molecule has 2 aromatic rings. The fourth-order valence-corrected chi connectivity index (χ4v) is 3.72. The smallest absolute Gasteiger partial charge is 0.313 e. The maximum Gasteiger partial charge on any atom is 0.313 e. The molecule has 2 aromatic carbocycles. The highest BCUT2D eigenvalue weighted by atomic mass is 16.6. The third-order valence-electron chi connectivity index (χ3n) is 5.85. The molecule has 3 rings (SSSR count). The summed E-state index contributed by atoms with van der Waals surface area (Å²) in [6.45, 7) is 0. The number of hydrogen-bond donors (Lipinski definition) is 3.